The number of carbonyl (C=O) groups is 2. The van der Waals surface area contributed by atoms with E-state index in [4.69, 9.17) is 26.4 Å². The number of nitrogens with one attached hydrogen (secondary N) is 2. The van der Waals surface area contributed by atoms with Gasteiger partial charge in [0, 0.05) is 25.1 Å². The third kappa shape index (κ3) is 8.64. The summed E-state index contributed by atoms with van der Waals surface area (Å²) in [6.45, 7) is 1.63. The molecule has 0 saturated carbocycles. The van der Waals surface area contributed by atoms with Gasteiger partial charge in [-0.15, -0.1) is 0 Å². The summed E-state index contributed by atoms with van der Waals surface area (Å²) in [4.78, 5) is 23.8. The van der Waals surface area contributed by atoms with Crippen LogP contribution in [-0.4, -0.2) is 42.9 Å². The first-order valence-electron chi connectivity index (χ1n) is 10.7. The van der Waals surface area contributed by atoms with Gasteiger partial charge in [-0.25, -0.2) is 0 Å². The van der Waals surface area contributed by atoms with Gasteiger partial charge in [0.15, 0.2) is 5.11 Å². The number of thiocarbonyl (C=S) groups is 1. The summed E-state index contributed by atoms with van der Waals surface area (Å²) in [5, 5.41) is 5.68. The first-order valence-corrected chi connectivity index (χ1v) is 11.1. The predicted octanol–water partition coefficient (Wildman–Crippen LogP) is 3.62. The molecule has 1 aliphatic heterocycles. The van der Waals surface area contributed by atoms with Crippen molar-refractivity contribution in [2.24, 2.45) is 0 Å². The second-order valence-corrected chi connectivity index (χ2v) is 7.84. The fourth-order valence-corrected chi connectivity index (χ4v) is 3.40. The summed E-state index contributed by atoms with van der Waals surface area (Å²) < 4.78 is 16.4. The van der Waals surface area contributed by atoms with Crippen molar-refractivity contribution < 1.29 is 23.8 Å². The molecule has 8 heteroatoms. The summed E-state index contributed by atoms with van der Waals surface area (Å²) in [5.41, 5.74) is 1.82. The van der Waals surface area contributed by atoms with Crippen molar-refractivity contribution >= 4 is 34.9 Å². The van der Waals surface area contributed by atoms with Crippen molar-refractivity contribution in [1.82, 2.24) is 5.32 Å². The molecule has 7 nitrogen and oxygen atoms in total. The molecular formula is C24H28N2O5S. The molecule has 0 unspecified atom stereocenters. The van der Waals surface area contributed by atoms with Crippen molar-refractivity contribution in [2.75, 3.05) is 25.1 Å². The quantitative estimate of drug-likeness (QED) is 0.417. The van der Waals surface area contributed by atoms with Crippen LogP contribution < -0.4 is 15.4 Å². The largest absolute Gasteiger partial charge is 0.491 e. The molecule has 3 rings (SSSR count). The molecule has 170 valence electrons. The summed E-state index contributed by atoms with van der Waals surface area (Å²) in [5.74, 6) is -0.0145. The van der Waals surface area contributed by atoms with Crippen LogP contribution in [0.15, 0.2) is 54.6 Å². The Balaban J connectivity index is 1.29. The topological polar surface area (TPSA) is 85.9 Å². The van der Waals surface area contributed by atoms with Gasteiger partial charge in [-0.2, -0.15) is 0 Å². The van der Waals surface area contributed by atoms with Gasteiger partial charge in [0.05, 0.1) is 19.1 Å². The number of anilines is 1. The minimum absolute atomic E-state index is 0.0000193. The van der Waals surface area contributed by atoms with Crippen LogP contribution in [0.2, 0.25) is 0 Å². The Kier molecular flexibility index (Phi) is 9.46. The molecule has 0 aliphatic carbocycles. The summed E-state index contributed by atoms with van der Waals surface area (Å²) in [6.07, 6.45) is 2.92. The van der Waals surface area contributed by atoms with Crippen LogP contribution >= 0.6 is 12.2 Å². The van der Waals surface area contributed by atoms with Crippen molar-refractivity contribution in [1.29, 1.82) is 0 Å². The van der Waals surface area contributed by atoms with E-state index < -0.39 is 5.97 Å². The maximum atomic E-state index is 12.0. The third-order valence-corrected chi connectivity index (χ3v) is 5.08. The molecule has 0 radical (unpaired) electrons. The summed E-state index contributed by atoms with van der Waals surface area (Å²) in [7, 11) is 0. The van der Waals surface area contributed by atoms with Gasteiger partial charge in [0.1, 0.15) is 12.4 Å². The van der Waals surface area contributed by atoms with Crippen molar-refractivity contribution in [2.45, 2.75) is 38.2 Å². The Morgan fingerprint density at radius 1 is 1.06 bits per heavy atom. The van der Waals surface area contributed by atoms with Crippen molar-refractivity contribution in [3.63, 3.8) is 0 Å². The van der Waals surface area contributed by atoms with Crippen LogP contribution in [0.3, 0.4) is 0 Å². The summed E-state index contributed by atoms with van der Waals surface area (Å²) in [6, 6.07) is 17.0. The SMILES string of the molecule is O=C(CCC(=O)OCCc1ccccc1)NC(=S)Nc1ccc(OC[C@H]2CCCO2)cc1. The lowest BCUT2D eigenvalue weighted by atomic mass is 10.2. The smallest absolute Gasteiger partial charge is 0.306 e. The standard InChI is InChI=1S/C24H28N2O5S/c27-22(12-13-23(28)30-16-14-18-5-2-1-3-6-18)26-24(32)25-19-8-10-20(11-9-19)31-17-21-7-4-15-29-21/h1-3,5-6,8-11,21H,4,7,12-17H2,(H2,25,26,27,32)/t21-/m1/s1. The second kappa shape index (κ2) is 12.8. The number of ether oxygens (including phenoxy) is 3. The van der Waals surface area contributed by atoms with Crippen LogP contribution in [0.1, 0.15) is 31.2 Å². The molecule has 2 aromatic carbocycles. The van der Waals surface area contributed by atoms with Crippen LogP contribution in [0.25, 0.3) is 0 Å². The number of hydrogen-bond acceptors (Lipinski definition) is 6. The molecule has 0 spiro atoms. The van der Waals surface area contributed by atoms with Gasteiger partial charge >= 0.3 is 5.97 Å². The highest BCUT2D eigenvalue weighted by Crippen LogP contribution is 2.18. The molecule has 0 aromatic heterocycles. The Hall–Kier alpha value is -2.97. The van der Waals surface area contributed by atoms with Gasteiger partial charge in [-0.1, -0.05) is 30.3 Å². The fourth-order valence-electron chi connectivity index (χ4n) is 3.17. The highest BCUT2D eigenvalue weighted by molar-refractivity contribution is 7.80. The van der Waals surface area contributed by atoms with Gasteiger partial charge in [-0.05, 0) is 54.9 Å². The first-order chi connectivity index (χ1) is 15.6. The maximum absolute atomic E-state index is 12.0. The highest BCUT2D eigenvalue weighted by atomic mass is 32.1. The highest BCUT2D eigenvalue weighted by Gasteiger charge is 2.16. The predicted molar refractivity (Wildman–Crippen MR) is 126 cm³/mol. The number of benzene rings is 2. The molecule has 1 fully saturated rings. The van der Waals surface area contributed by atoms with E-state index in [2.05, 4.69) is 10.6 Å². The van der Waals surface area contributed by atoms with Gasteiger partial charge < -0.3 is 24.8 Å². The molecule has 32 heavy (non-hydrogen) atoms. The fraction of sp³-hybridized carbons (Fsp3) is 0.375. The monoisotopic (exact) mass is 456 g/mol. The van der Waals surface area contributed by atoms with E-state index in [1.807, 2.05) is 54.6 Å². The second-order valence-electron chi connectivity index (χ2n) is 7.43. The van der Waals surface area contributed by atoms with E-state index in [1.54, 1.807) is 0 Å². The Morgan fingerprint density at radius 2 is 1.84 bits per heavy atom. The maximum Gasteiger partial charge on any atom is 0.306 e. The normalized spacial score (nSPS) is 15.1. The van der Waals surface area contributed by atoms with E-state index in [-0.39, 0.29) is 36.6 Å². The van der Waals surface area contributed by atoms with Crippen molar-refractivity contribution in [3.05, 3.63) is 60.2 Å². The van der Waals surface area contributed by atoms with Gasteiger partial charge in [0.25, 0.3) is 0 Å². The Bertz CT molecular complexity index is 883. The average molecular weight is 457 g/mol. The molecule has 0 bridgehead atoms. The molecule has 1 saturated heterocycles. The first kappa shape index (κ1) is 23.7. The lowest BCUT2D eigenvalue weighted by molar-refractivity contribution is -0.144. The van der Waals surface area contributed by atoms with Crippen LogP contribution in [0.4, 0.5) is 5.69 Å². The molecular weight excluding hydrogens is 428 g/mol. The molecule has 1 heterocycles. The van der Waals surface area contributed by atoms with E-state index in [0.29, 0.717) is 13.0 Å². The summed E-state index contributed by atoms with van der Waals surface area (Å²) >= 11 is 5.17. The zero-order valence-corrected chi connectivity index (χ0v) is 18.7. The Labute approximate surface area is 193 Å². The number of hydrogen-bond donors (Lipinski definition) is 2. The molecule has 2 aromatic rings. The molecule has 1 atom stereocenters. The number of carbonyl (C=O) groups excluding carboxylic acids is 2. The third-order valence-electron chi connectivity index (χ3n) is 4.88. The van der Waals surface area contributed by atoms with Gasteiger partial charge in [0.2, 0.25) is 5.91 Å². The van der Waals surface area contributed by atoms with Crippen LogP contribution in [-0.2, 0) is 25.5 Å². The number of esters is 1. The van der Waals surface area contributed by atoms with Crippen LogP contribution in [0.5, 0.6) is 5.75 Å². The molecule has 1 aliphatic rings. The molecule has 1 amide bonds. The zero-order chi connectivity index (χ0) is 22.6. The number of amides is 1. The average Bonchev–Trinajstić information content (AvgIpc) is 3.32. The van der Waals surface area contributed by atoms with E-state index in [9.17, 15) is 9.59 Å². The van der Waals surface area contributed by atoms with Gasteiger partial charge in [-0.3, -0.25) is 9.59 Å². The van der Waals surface area contributed by atoms with E-state index in [0.717, 1.165) is 36.4 Å². The van der Waals surface area contributed by atoms with Crippen molar-refractivity contribution in [3.8, 4) is 5.75 Å². The Morgan fingerprint density at radius 3 is 2.56 bits per heavy atom. The van der Waals surface area contributed by atoms with E-state index >= 15 is 0 Å². The minimum atomic E-state index is -0.409. The lowest BCUT2D eigenvalue weighted by Crippen LogP contribution is -2.34. The lowest BCUT2D eigenvalue weighted by Gasteiger charge is -2.13. The molecule has 2 N–H and O–H groups in total. The number of rotatable bonds is 10. The minimum Gasteiger partial charge on any atom is -0.491 e. The zero-order valence-electron chi connectivity index (χ0n) is 17.9. The van der Waals surface area contributed by atoms with E-state index in [1.165, 1.54) is 0 Å². The van der Waals surface area contributed by atoms with Crippen LogP contribution in [0, 0.1) is 0 Å².